The van der Waals surface area contributed by atoms with E-state index in [1.807, 2.05) is 18.2 Å². The quantitative estimate of drug-likeness (QED) is 0.934. The van der Waals surface area contributed by atoms with Crippen LogP contribution in [0.25, 0.3) is 0 Å². The van der Waals surface area contributed by atoms with Crippen molar-refractivity contribution in [1.82, 2.24) is 14.9 Å². The van der Waals surface area contributed by atoms with E-state index >= 15 is 0 Å². The fourth-order valence-corrected chi connectivity index (χ4v) is 3.69. The lowest BCUT2D eigenvalue weighted by Gasteiger charge is -2.23. The monoisotopic (exact) mass is 328 g/mol. The van der Waals surface area contributed by atoms with Gasteiger partial charge in [-0.1, -0.05) is 12.1 Å². The van der Waals surface area contributed by atoms with Crippen molar-refractivity contribution < 1.29 is 9.13 Å². The second-order valence-corrected chi connectivity index (χ2v) is 6.70. The summed E-state index contributed by atoms with van der Waals surface area (Å²) in [5.41, 5.74) is 1.06. The molecule has 24 heavy (non-hydrogen) atoms. The van der Waals surface area contributed by atoms with E-state index < -0.39 is 0 Å². The van der Waals surface area contributed by atoms with Gasteiger partial charge >= 0.3 is 0 Å². The Hall–Kier alpha value is -2.05. The maximum Gasteiger partial charge on any atom is 0.222 e. The molecule has 1 aromatic carbocycles. The summed E-state index contributed by atoms with van der Waals surface area (Å²) in [7, 11) is 0. The van der Waals surface area contributed by atoms with Crippen LogP contribution in [0.3, 0.4) is 0 Å². The molecule has 0 radical (unpaired) electrons. The van der Waals surface area contributed by atoms with Gasteiger partial charge in [-0.25, -0.2) is 14.4 Å². The lowest BCUT2D eigenvalue weighted by Crippen LogP contribution is -2.33. The predicted molar refractivity (Wildman–Crippen MR) is 89.0 cm³/mol. The summed E-state index contributed by atoms with van der Waals surface area (Å²) in [6.45, 7) is 3.44. The summed E-state index contributed by atoms with van der Waals surface area (Å²) in [4.78, 5) is 10.8. The highest BCUT2D eigenvalue weighted by Gasteiger charge is 2.45. The van der Waals surface area contributed by atoms with E-state index in [0.717, 1.165) is 38.0 Å². The van der Waals surface area contributed by atoms with Gasteiger partial charge in [0.2, 0.25) is 5.95 Å². The highest BCUT2D eigenvalue weighted by atomic mass is 19.1. The zero-order valence-corrected chi connectivity index (χ0v) is 13.5. The summed E-state index contributed by atoms with van der Waals surface area (Å²) in [6, 6.07) is 8.81. The minimum Gasteiger partial charge on any atom is -0.371 e. The largest absolute Gasteiger partial charge is 0.371 e. The number of hydrogen-bond donors (Lipinski definition) is 1. The van der Waals surface area contributed by atoms with Crippen molar-refractivity contribution in [2.75, 3.05) is 25.0 Å². The van der Waals surface area contributed by atoms with Crippen LogP contribution in [0.5, 0.6) is 0 Å². The third-order valence-electron chi connectivity index (χ3n) is 4.82. The fraction of sp³-hybridized carbons (Fsp3) is 0.444. The number of nitrogens with zero attached hydrogens (tertiary/aromatic N) is 3. The van der Waals surface area contributed by atoms with Crippen LogP contribution >= 0.6 is 0 Å². The summed E-state index contributed by atoms with van der Waals surface area (Å²) in [6.07, 6.45) is 5.47. The highest BCUT2D eigenvalue weighted by molar-refractivity contribution is 5.25. The minimum absolute atomic E-state index is 0.0769. The molecule has 0 amide bonds. The van der Waals surface area contributed by atoms with Crippen LogP contribution in [0.4, 0.5) is 10.3 Å². The van der Waals surface area contributed by atoms with E-state index in [2.05, 4.69) is 20.2 Å². The molecule has 2 fully saturated rings. The van der Waals surface area contributed by atoms with Crippen molar-refractivity contribution in [2.24, 2.45) is 0 Å². The number of aromatic nitrogens is 2. The Morgan fingerprint density at radius 1 is 1.25 bits per heavy atom. The number of halogens is 1. The number of hydrogen-bond acceptors (Lipinski definition) is 5. The van der Waals surface area contributed by atoms with E-state index in [0.29, 0.717) is 12.6 Å². The Labute approximate surface area is 140 Å². The molecule has 0 bridgehead atoms. The summed E-state index contributed by atoms with van der Waals surface area (Å²) in [5.74, 6) is 0.470. The topological polar surface area (TPSA) is 50.3 Å². The maximum atomic E-state index is 13.0. The molecule has 1 spiro atoms. The van der Waals surface area contributed by atoms with Gasteiger partial charge in [0.1, 0.15) is 5.82 Å². The number of benzene rings is 1. The SMILES string of the molecule is Fc1ccc(CN2CC[C@@]3(C[C@H](Nc4ncccn4)CO3)C2)cc1. The molecule has 2 aliphatic heterocycles. The number of ether oxygens (including phenoxy) is 1. The summed E-state index contributed by atoms with van der Waals surface area (Å²) >= 11 is 0. The predicted octanol–water partition coefficient (Wildman–Crippen LogP) is 2.46. The number of nitrogens with one attached hydrogen (secondary N) is 1. The summed E-state index contributed by atoms with van der Waals surface area (Å²) < 4.78 is 19.2. The van der Waals surface area contributed by atoms with Crippen molar-refractivity contribution in [3.05, 3.63) is 54.1 Å². The van der Waals surface area contributed by atoms with Gasteiger partial charge in [0.25, 0.3) is 0 Å². The zero-order chi connectivity index (χ0) is 16.4. The minimum atomic E-state index is -0.187. The molecule has 0 saturated carbocycles. The van der Waals surface area contributed by atoms with E-state index in [1.165, 1.54) is 12.1 Å². The molecule has 1 N–H and O–H groups in total. The van der Waals surface area contributed by atoms with E-state index in [1.54, 1.807) is 12.4 Å². The van der Waals surface area contributed by atoms with Gasteiger partial charge < -0.3 is 10.1 Å². The van der Waals surface area contributed by atoms with Crippen LogP contribution in [0.1, 0.15) is 18.4 Å². The molecular weight excluding hydrogens is 307 g/mol. The molecule has 1 aromatic heterocycles. The molecule has 0 aliphatic carbocycles. The van der Waals surface area contributed by atoms with Gasteiger partial charge in [0.05, 0.1) is 18.2 Å². The summed E-state index contributed by atoms with van der Waals surface area (Å²) in [5, 5.41) is 3.36. The number of likely N-dealkylation sites (tertiary alicyclic amines) is 1. The molecule has 3 heterocycles. The Bertz CT molecular complexity index is 681. The Balaban J connectivity index is 1.33. The molecule has 2 saturated heterocycles. The standard InChI is InChI=1S/C18H21FN4O/c19-15-4-2-14(3-5-15)11-23-9-6-18(13-23)10-16(12-24-18)22-17-20-7-1-8-21-17/h1-5,7-8,16H,6,9-13H2,(H,20,21,22)/t16-,18+/m0/s1. The Kier molecular flexibility index (Phi) is 4.16. The van der Waals surface area contributed by atoms with Crippen molar-refractivity contribution >= 4 is 5.95 Å². The number of anilines is 1. The molecule has 5 nitrogen and oxygen atoms in total. The maximum absolute atomic E-state index is 13.0. The third kappa shape index (κ3) is 3.39. The Morgan fingerprint density at radius 3 is 2.83 bits per heavy atom. The highest BCUT2D eigenvalue weighted by Crippen LogP contribution is 2.36. The van der Waals surface area contributed by atoms with Gasteiger partial charge in [-0.2, -0.15) is 0 Å². The zero-order valence-electron chi connectivity index (χ0n) is 13.5. The van der Waals surface area contributed by atoms with Gasteiger partial charge in [0, 0.05) is 38.4 Å². The first-order chi connectivity index (χ1) is 11.7. The molecule has 4 rings (SSSR count). The van der Waals surface area contributed by atoms with Crippen LogP contribution in [-0.2, 0) is 11.3 Å². The smallest absolute Gasteiger partial charge is 0.222 e. The van der Waals surface area contributed by atoms with Gasteiger partial charge in [-0.3, -0.25) is 4.90 Å². The first kappa shape index (κ1) is 15.5. The molecular formula is C18H21FN4O. The first-order valence-corrected chi connectivity index (χ1v) is 8.35. The number of rotatable bonds is 4. The van der Waals surface area contributed by atoms with Crippen LogP contribution < -0.4 is 5.32 Å². The van der Waals surface area contributed by atoms with Crippen molar-refractivity contribution in [1.29, 1.82) is 0 Å². The van der Waals surface area contributed by atoms with E-state index in [9.17, 15) is 4.39 Å². The molecule has 126 valence electrons. The van der Waals surface area contributed by atoms with E-state index in [4.69, 9.17) is 4.74 Å². The fourth-order valence-electron chi connectivity index (χ4n) is 3.69. The molecule has 2 aliphatic rings. The van der Waals surface area contributed by atoms with Gasteiger partial charge in [-0.05, 0) is 30.2 Å². The van der Waals surface area contributed by atoms with Gasteiger partial charge in [0.15, 0.2) is 0 Å². The average molecular weight is 328 g/mol. The average Bonchev–Trinajstić information content (AvgIpc) is 3.17. The van der Waals surface area contributed by atoms with Crippen molar-refractivity contribution in [3.8, 4) is 0 Å². The normalized spacial score (nSPS) is 27.0. The second-order valence-electron chi connectivity index (χ2n) is 6.70. The van der Waals surface area contributed by atoms with Crippen LogP contribution in [-0.4, -0.2) is 46.2 Å². The second kappa shape index (κ2) is 6.45. The molecule has 0 unspecified atom stereocenters. The lowest BCUT2D eigenvalue weighted by molar-refractivity contribution is 0.0120. The van der Waals surface area contributed by atoms with Crippen LogP contribution in [0, 0.1) is 5.82 Å². The van der Waals surface area contributed by atoms with Crippen LogP contribution in [0.2, 0.25) is 0 Å². The molecule has 2 aromatic rings. The van der Waals surface area contributed by atoms with Crippen LogP contribution in [0.15, 0.2) is 42.7 Å². The first-order valence-electron chi connectivity index (χ1n) is 8.35. The van der Waals surface area contributed by atoms with Gasteiger partial charge in [-0.15, -0.1) is 0 Å². The Morgan fingerprint density at radius 2 is 2.04 bits per heavy atom. The molecule has 6 heteroatoms. The lowest BCUT2D eigenvalue weighted by atomic mass is 9.97. The van der Waals surface area contributed by atoms with Crippen molar-refractivity contribution in [2.45, 2.75) is 31.0 Å². The molecule has 2 atom stereocenters. The third-order valence-corrected chi connectivity index (χ3v) is 4.82. The van der Waals surface area contributed by atoms with E-state index in [-0.39, 0.29) is 17.5 Å². The van der Waals surface area contributed by atoms with Crippen molar-refractivity contribution in [3.63, 3.8) is 0 Å².